The van der Waals surface area contributed by atoms with Crippen LogP contribution >= 0.6 is 0 Å². The Hall–Kier alpha value is -3.04. The van der Waals surface area contributed by atoms with Crippen LogP contribution in [0.15, 0.2) is 76.5 Å². The van der Waals surface area contributed by atoms with Gasteiger partial charge in [-0.2, -0.15) is 0 Å². The van der Waals surface area contributed by atoms with E-state index >= 15 is 0 Å². The van der Waals surface area contributed by atoms with Gasteiger partial charge in [0.25, 0.3) is 20.0 Å². The fraction of sp³-hybridized carbons (Fsp3) is 0.217. The predicted molar refractivity (Wildman–Crippen MR) is 124 cm³/mol. The van der Waals surface area contributed by atoms with E-state index in [9.17, 15) is 16.8 Å². The first-order valence-electron chi connectivity index (χ1n) is 10.1. The number of anilines is 2. The van der Waals surface area contributed by atoms with E-state index in [2.05, 4.69) is 4.72 Å². The van der Waals surface area contributed by atoms with E-state index in [-0.39, 0.29) is 9.79 Å². The van der Waals surface area contributed by atoms with Gasteiger partial charge in [-0.3, -0.25) is 9.03 Å². The van der Waals surface area contributed by atoms with Gasteiger partial charge >= 0.3 is 0 Å². The average Bonchev–Trinajstić information content (AvgIpc) is 2.78. The molecule has 0 fully saturated rings. The quantitative estimate of drug-likeness (QED) is 0.587. The van der Waals surface area contributed by atoms with Gasteiger partial charge in [0, 0.05) is 12.2 Å². The number of rotatable bonds is 6. The highest BCUT2D eigenvalue weighted by Gasteiger charge is 2.29. The highest BCUT2D eigenvalue weighted by molar-refractivity contribution is 7.93. The molecule has 7 nitrogen and oxygen atoms in total. The molecule has 0 amide bonds. The van der Waals surface area contributed by atoms with Gasteiger partial charge in [-0.05, 0) is 79.9 Å². The first-order valence-corrected chi connectivity index (χ1v) is 13.0. The summed E-state index contributed by atoms with van der Waals surface area (Å²) in [5.41, 5.74) is 2.70. The van der Waals surface area contributed by atoms with Gasteiger partial charge in [0.2, 0.25) is 0 Å². The van der Waals surface area contributed by atoms with Crippen LogP contribution in [0.2, 0.25) is 0 Å². The van der Waals surface area contributed by atoms with Crippen molar-refractivity contribution in [3.63, 3.8) is 0 Å². The number of sulfonamides is 2. The van der Waals surface area contributed by atoms with Crippen LogP contribution in [-0.4, -0.2) is 30.5 Å². The van der Waals surface area contributed by atoms with Crippen LogP contribution in [0.3, 0.4) is 0 Å². The second kappa shape index (κ2) is 8.48. The van der Waals surface area contributed by atoms with Crippen molar-refractivity contribution in [2.75, 3.05) is 22.7 Å². The highest BCUT2D eigenvalue weighted by atomic mass is 32.2. The van der Waals surface area contributed by atoms with E-state index in [1.54, 1.807) is 54.6 Å². The van der Waals surface area contributed by atoms with E-state index < -0.39 is 20.0 Å². The third-order valence-electron chi connectivity index (χ3n) is 5.39. The topological polar surface area (TPSA) is 92.8 Å². The molecule has 0 aromatic heterocycles. The van der Waals surface area contributed by atoms with Crippen LogP contribution in [0.5, 0.6) is 5.75 Å². The van der Waals surface area contributed by atoms with Gasteiger partial charge in [0.15, 0.2) is 0 Å². The molecule has 3 aromatic rings. The molecule has 168 valence electrons. The summed E-state index contributed by atoms with van der Waals surface area (Å²) in [5.74, 6) is 0.577. The van der Waals surface area contributed by atoms with Gasteiger partial charge in [-0.25, -0.2) is 16.8 Å². The highest BCUT2D eigenvalue weighted by Crippen LogP contribution is 2.34. The number of methoxy groups -OCH3 is 1. The fourth-order valence-electron chi connectivity index (χ4n) is 3.68. The summed E-state index contributed by atoms with van der Waals surface area (Å²) < 4.78 is 61.0. The summed E-state index contributed by atoms with van der Waals surface area (Å²) in [4.78, 5) is 0.347. The van der Waals surface area contributed by atoms with Crippen molar-refractivity contribution in [2.45, 2.75) is 29.6 Å². The van der Waals surface area contributed by atoms with Gasteiger partial charge < -0.3 is 4.74 Å². The molecule has 0 bridgehead atoms. The number of benzene rings is 3. The number of hydrogen-bond acceptors (Lipinski definition) is 5. The zero-order chi connectivity index (χ0) is 22.9. The molecule has 1 N–H and O–H groups in total. The Bertz CT molecular complexity index is 1330. The lowest BCUT2D eigenvalue weighted by Gasteiger charge is -2.31. The SMILES string of the molecule is COc1ccc(S(=O)(=O)N2CCCc3cc(NS(=O)(=O)c4ccc(C)cc4)ccc32)cc1. The van der Waals surface area contributed by atoms with E-state index in [1.807, 2.05) is 6.92 Å². The molecule has 0 unspecified atom stereocenters. The molecule has 0 spiro atoms. The van der Waals surface area contributed by atoms with E-state index in [0.29, 0.717) is 36.5 Å². The number of hydrogen-bond donors (Lipinski definition) is 1. The molecule has 0 radical (unpaired) electrons. The van der Waals surface area contributed by atoms with Crippen LogP contribution in [-0.2, 0) is 26.5 Å². The molecular weight excluding hydrogens is 448 g/mol. The molecule has 0 aliphatic carbocycles. The largest absolute Gasteiger partial charge is 0.497 e. The van der Waals surface area contributed by atoms with Crippen molar-refractivity contribution in [1.82, 2.24) is 0 Å². The minimum Gasteiger partial charge on any atom is -0.497 e. The van der Waals surface area contributed by atoms with Crippen molar-refractivity contribution in [2.24, 2.45) is 0 Å². The maximum atomic E-state index is 13.2. The number of aryl methyl sites for hydroxylation is 2. The number of fused-ring (bicyclic) bond motifs is 1. The maximum Gasteiger partial charge on any atom is 0.264 e. The van der Waals surface area contributed by atoms with Gasteiger partial charge in [0.1, 0.15) is 5.75 Å². The Morgan fingerprint density at radius 1 is 0.875 bits per heavy atom. The second-order valence-corrected chi connectivity index (χ2v) is 11.2. The van der Waals surface area contributed by atoms with Gasteiger partial charge in [0.05, 0.1) is 22.6 Å². The zero-order valence-electron chi connectivity index (χ0n) is 17.8. The molecule has 0 atom stereocenters. The third kappa shape index (κ3) is 4.31. The predicted octanol–water partition coefficient (Wildman–Crippen LogP) is 3.95. The van der Waals surface area contributed by atoms with Crippen LogP contribution in [0.25, 0.3) is 0 Å². The molecule has 0 saturated carbocycles. The fourth-order valence-corrected chi connectivity index (χ4v) is 6.27. The maximum absolute atomic E-state index is 13.2. The van der Waals surface area contributed by atoms with Crippen molar-refractivity contribution in [1.29, 1.82) is 0 Å². The summed E-state index contributed by atoms with van der Waals surface area (Å²) in [6.45, 7) is 2.24. The smallest absolute Gasteiger partial charge is 0.264 e. The Kier molecular flexibility index (Phi) is 5.87. The molecule has 1 heterocycles. The molecule has 32 heavy (non-hydrogen) atoms. The van der Waals surface area contributed by atoms with Crippen molar-refractivity contribution >= 4 is 31.4 Å². The first-order chi connectivity index (χ1) is 15.2. The first kappa shape index (κ1) is 22.2. The summed E-state index contributed by atoms with van der Waals surface area (Å²) in [7, 11) is -5.98. The summed E-state index contributed by atoms with van der Waals surface area (Å²) in [6.07, 6.45) is 1.29. The lowest BCUT2D eigenvalue weighted by atomic mass is 10.0. The van der Waals surface area contributed by atoms with Gasteiger partial charge in [-0.1, -0.05) is 17.7 Å². The number of nitrogens with zero attached hydrogens (tertiary/aromatic N) is 1. The molecule has 1 aliphatic heterocycles. The van der Waals surface area contributed by atoms with Crippen LogP contribution in [0.1, 0.15) is 17.5 Å². The standard InChI is InChI=1S/C23H24N2O5S2/c1-17-5-10-21(11-6-17)31(26,27)24-19-7-14-23-18(16-19)4-3-15-25(23)32(28,29)22-12-8-20(30-2)9-13-22/h5-14,16,24H,3-4,15H2,1-2H3. The Morgan fingerprint density at radius 2 is 1.53 bits per heavy atom. The Labute approximate surface area is 188 Å². The minimum absolute atomic E-state index is 0.171. The van der Waals surface area contributed by atoms with E-state index in [0.717, 1.165) is 11.1 Å². The molecule has 0 saturated heterocycles. The minimum atomic E-state index is -3.76. The lowest BCUT2D eigenvalue weighted by molar-refractivity contribution is 0.414. The average molecular weight is 473 g/mol. The van der Waals surface area contributed by atoms with Crippen LogP contribution < -0.4 is 13.8 Å². The van der Waals surface area contributed by atoms with Gasteiger partial charge in [-0.15, -0.1) is 0 Å². The summed E-state index contributed by atoms with van der Waals surface area (Å²) in [6, 6.07) is 17.8. The molecule has 9 heteroatoms. The summed E-state index contributed by atoms with van der Waals surface area (Å²) in [5, 5.41) is 0. The normalized spacial score (nSPS) is 14.0. The summed E-state index contributed by atoms with van der Waals surface area (Å²) >= 11 is 0. The number of nitrogens with one attached hydrogen (secondary N) is 1. The third-order valence-corrected chi connectivity index (χ3v) is 8.61. The second-order valence-electron chi connectivity index (χ2n) is 7.62. The van der Waals surface area contributed by atoms with E-state index in [1.165, 1.54) is 23.5 Å². The van der Waals surface area contributed by atoms with Crippen molar-refractivity contribution in [3.05, 3.63) is 77.9 Å². The molecule has 1 aliphatic rings. The Balaban J connectivity index is 1.63. The molecule has 4 rings (SSSR count). The molecular formula is C23H24N2O5S2. The van der Waals surface area contributed by atoms with Crippen molar-refractivity contribution in [3.8, 4) is 5.75 Å². The zero-order valence-corrected chi connectivity index (χ0v) is 19.4. The Morgan fingerprint density at radius 3 is 2.19 bits per heavy atom. The monoisotopic (exact) mass is 472 g/mol. The van der Waals surface area contributed by atoms with Crippen molar-refractivity contribution < 1.29 is 21.6 Å². The van der Waals surface area contributed by atoms with E-state index in [4.69, 9.17) is 4.74 Å². The van der Waals surface area contributed by atoms with Crippen LogP contribution in [0.4, 0.5) is 11.4 Å². The number of ether oxygens (including phenoxy) is 1. The molecule has 3 aromatic carbocycles. The van der Waals surface area contributed by atoms with Crippen LogP contribution in [0, 0.1) is 6.92 Å². The lowest BCUT2D eigenvalue weighted by Crippen LogP contribution is -2.35.